The van der Waals surface area contributed by atoms with Crippen molar-refractivity contribution in [1.29, 1.82) is 0 Å². The van der Waals surface area contributed by atoms with Crippen LogP contribution in [0.2, 0.25) is 0 Å². The van der Waals surface area contributed by atoms with Crippen LogP contribution in [0.3, 0.4) is 0 Å². The van der Waals surface area contributed by atoms with Crippen LogP contribution >= 0.6 is 0 Å². The molecular formula is C29H39N3O4. The quantitative estimate of drug-likeness (QED) is 0.420. The lowest BCUT2D eigenvalue weighted by molar-refractivity contribution is -0.0168. The van der Waals surface area contributed by atoms with Gasteiger partial charge in [0.15, 0.2) is 11.5 Å². The first kappa shape index (κ1) is 26.0. The first-order chi connectivity index (χ1) is 17.5. The van der Waals surface area contributed by atoms with Gasteiger partial charge < -0.3 is 23.9 Å². The van der Waals surface area contributed by atoms with Crippen molar-refractivity contribution < 1.29 is 19.3 Å². The fraction of sp³-hybridized carbons (Fsp3) is 0.483. The minimum Gasteiger partial charge on any atom is -0.493 e. The second-order valence-corrected chi connectivity index (χ2v) is 9.68. The molecule has 1 aromatic heterocycles. The van der Waals surface area contributed by atoms with Gasteiger partial charge in [-0.05, 0) is 62.6 Å². The second kappa shape index (κ2) is 12.3. The number of nitrogens with zero attached hydrogens (tertiary/aromatic N) is 3. The number of hydrogen-bond donors (Lipinski definition) is 1. The second-order valence-electron chi connectivity index (χ2n) is 9.68. The van der Waals surface area contributed by atoms with Crippen molar-refractivity contribution in [2.75, 3.05) is 33.4 Å². The molecule has 0 amide bonds. The van der Waals surface area contributed by atoms with E-state index in [1.54, 1.807) is 7.11 Å². The number of imidazole rings is 1. The molecule has 1 N–H and O–H groups in total. The van der Waals surface area contributed by atoms with Crippen molar-refractivity contribution >= 4 is 0 Å². The normalized spacial score (nSPS) is 18.6. The molecule has 0 saturated carbocycles. The molecule has 0 radical (unpaired) electrons. The van der Waals surface area contributed by atoms with Crippen molar-refractivity contribution in [3.05, 3.63) is 71.8 Å². The maximum atomic E-state index is 11.2. The van der Waals surface area contributed by atoms with E-state index in [2.05, 4.69) is 40.4 Å². The van der Waals surface area contributed by atoms with E-state index in [0.717, 1.165) is 68.5 Å². The Balaban J connectivity index is 1.31. The van der Waals surface area contributed by atoms with Crippen LogP contribution in [0.15, 0.2) is 54.9 Å². The van der Waals surface area contributed by atoms with Crippen LogP contribution in [0.25, 0.3) is 0 Å². The van der Waals surface area contributed by atoms with E-state index in [0.29, 0.717) is 19.6 Å². The third-order valence-electron chi connectivity index (χ3n) is 6.88. The summed E-state index contributed by atoms with van der Waals surface area (Å²) in [4.78, 5) is 6.77. The number of aliphatic hydroxyl groups is 1. The van der Waals surface area contributed by atoms with Crippen LogP contribution in [-0.4, -0.2) is 58.6 Å². The zero-order chi connectivity index (χ0) is 25.4. The molecule has 4 rings (SSSR count). The lowest BCUT2D eigenvalue weighted by atomic mass is 9.96. The topological polar surface area (TPSA) is 69.0 Å². The van der Waals surface area contributed by atoms with Gasteiger partial charge in [0.25, 0.3) is 0 Å². The zero-order valence-electron chi connectivity index (χ0n) is 21.8. The molecule has 0 unspecified atom stereocenters. The summed E-state index contributed by atoms with van der Waals surface area (Å²) < 4.78 is 19.7. The Labute approximate surface area is 214 Å². The molecule has 0 aliphatic carbocycles. The van der Waals surface area contributed by atoms with Gasteiger partial charge >= 0.3 is 0 Å². The predicted molar refractivity (Wildman–Crippen MR) is 141 cm³/mol. The SMILES string of the molecule is CCc1nccn1CCOc1cc(CN2CCC[C@@](O)(COc3ccc(C)cc3)CC2)ccc1OC. The van der Waals surface area contributed by atoms with Gasteiger partial charge in [-0.25, -0.2) is 4.98 Å². The van der Waals surface area contributed by atoms with Crippen molar-refractivity contribution in [2.24, 2.45) is 0 Å². The molecule has 1 atom stereocenters. The van der Waals surface area contributed by atoms with Crippen LogP contribution < -0.4 is 14.2 Å². The van der Waals surface area contributed by atoms with E-state index < -0.39 is 5.60 Å². The predicted octanol–water partition coefficient (Wildman–Crippen LogP) is 4.64. The third-order valence-corrected chi connectivity index (χ3v) is 6.88. The molecule has 7 heteroatoms. The molecule has 7 nitrogen and oxygen atoms in total. The Bertz CT molecular complexity index is 1100. The van der Waals surface area contributed by atoms with E-state index in [1.807, 2.05) is 42.7 Å². The number of hydrogen-bond acceptors (Lipinski definition) is 6. The van der Waals surface area contributed by atoms with Gasteiger partial charge in [0.1, 0.15) is 24.8 Å². The first-order valence-electron chi connectivity index (χ1n) is 12.9. The molecule has 1 aliphatic heterocycles. The zero-order valence-corrected chi connectivity index (χ0v) is 21.8. The molecule has 194 valence electrons. The Hall–Kier alpha value is -3.03. The molecular weight excluding hydrogens is 454 g/mol. The Morgan fingerprint density at radius 1 is 1.03 bits per heavy atom. The maximum Gasteiger partial charge on any atom is 0.161 e. The van der Waals surface area contributed by atoms with Crippen LogP contribution in [0.1, 0.15) is 43.1 Å². The standard InChI is InChI=1S/C29H39N3O4/c1-4-28-30-14-17-32(28)18-19-35-27-20-24(8-11-26(27)34-3)21-31-15-5-12-29(33,13-16-31)22-36-25-9-6-23(2)7-10-25/h6-11,14,17,20,33H,4-5,12-13,15-16,18-19,21-22H2,1-3H3/t29-/m0/s1. The highest BCUT2D eigenvalue weighted by atomic mass is 16.5. The van der Waals surface area contributed by atoms with Crippen molar-refractivity contribution in [1.82, 2.24) is 14.5 Å². The molecule has 0 spiro atoms. The number of rotatable bonds is 11. The summed E-state index contributed by atoms with van der Waals surface area (Å²) in [5, 5.41) is 11.2. The molecule has 0 bridgehead atoms. The van der Waals surface area contributed by atoms with Crippen LogP contribution in [0.4, 0.5) is 0 Å². The van der Waals surface area contributed by atoms with E-state index in [4.69, 9.17) is 14.2 Å². The van der Waals surface area contributed by atoms with E-state index >= 15 is 0 Å². The van der Waals surface area contributed by atoms with Crippen LogP contribution in [-0.2, 0) is 19.5 Å². The Morgan fingerprint density at radius 2 is 1.86 bits per heavy atom. The van der Waals surface area contributed by atoms with Gasteiger partial charge in [-0.15, -0.1) is 0 Å². The van der Waals surface area contributed by atoms with Gasteiger partial charge in [0.2, 0.25) is 0 Å². The van der Waals surface area contributed by atoms with Crippen molar-refractivity contribution in [3.63, 3.8) is 0 Å². The highest BCUT2D eigenvalue weighted by Gasteiger charge is 2.31. The molecule has 2 heterocycles. The molecule has 3 aromatic rings. The summed E-state index contributed by atoms with van der Waals surface area (Å²) >= 11 is 0. The fourth-order valence-electron chi connectivity index (χ4n) is 4.69. The Morgan fingerprint density at radius 3 is 2.64 bits per heavy atom. The lowest BCUT2D eigenvalue weighted by Crippen LogP contribution is -2.37. The summed E-state index contributed by atoms with van der Waals surface area (Å²) in [7, 11) is 1.67. The first-order valence-corrected chi connectivity index (χ1v) is 12.9. The van der Waals surface area contributed by atoms with E-state index in [-0.39, 0.29) is 0 Å². The van der Waals surface area contributed by atoms with Gasteiger partial charge in [-0.2, -0.15) is 0 Å². The highest BCUT2D eigenvalue weighted by Crippen LogP contribution is 2.30. The molecule has 1 fully saturated rings. The lowest BCUT2D eigenvalue weighted by Gasteiger charge is -2.27. The van der Waals surface area contributed by atoms with Gasteiger partial charge in [0, 0.05) is 31.9 Å². The number of benzene rings is 2. The number of ether oxygens (including phenoxy) is 3. The fourth-order valence-corrected chi connectivity index (χ4v) is 4.69. The summed E-state index contributed by atoms with van der Waals surface area (Å²) in [6.45, 7) is 8.32. The monoisotopic (exact) mass is 493 g/mol. The minimum atomic E-state index is -0.807. The van der Waals surface area contributed by atoms with Crippen molar-refractivity contribution in [2.45, 2.75) is 58.2 Å². The van der Waals surface area contributed by atoms with Gasteiger partial charge in [-0.3, -0.25) is 4.90 Å². The number of aryl methyl sites for hydroxylation is 2. The van der Waals surface area contributed by atoms with Crippen LogP contribution in [0, 0.1) is 6.92 Å². The van der Waals surface area contributed by atoms with Gasteiger partial charge in [-0.1, -0.05) is 30.7 Å². The molecule has 1 aliphatic rings. The van der Waals surface area contributed by atoms with E-state index in [9.17, 15) is 5.11 Å². The summed E-state index contributed by atoms with van der Waals surface area (Å²) in [5.74, 6) is 3.36. The molecule has 2 aromatic carbocycles. The van der Waals surface area contributed by atoms with Crippen LogP contribution in [0.5, 0.6) is 17.2 Å². The highest BCUT2D eigenvalue weighted by molar-refractivity contribution is 5.43. The molecule has 1 saturated heterocycles. The van der Waals surface area contributed by atoms with Gasteiger partial charge in [0.05, 0.1) is 19.3 Å². The molecule has 36 heavy (non-hydrogen) atoms. The number of likely N-dealkylation sites (tertiary alicyclic amines) is 1. The van der Waals surface area contributed by atoms with E-state index in [1.165, 1.54) is 11.1 Å². The summed E-state index contributed by atoms with van der Waals surface area (Å²) in [5.41, 5.74) is 1.56. The largest absolute Gasteiger partial charge is 0.493 e. The van der Waals surface area contributed by atoms with Crippen molar-refractivity contribution in [3.8, 4) is 17.2 Å². The maximum absolute atomic E-state index is 11.2. The minimum absolute atomic E-state index is 0.321. The third kappa shape index (κ3) is 7.02. The number of methoxy groups -OCH3 is 1. The summed E-state index contributed by atoms with van der Waals surface area (Å²) in [6, 6.07) is 14.1. The Kier molecular flexibility index (Phi) is 8.88. The smallest absolute Gasteiger partial charge is 0.161 e. The average molecular weight is 494 g/mol. The number of aromatic nitrogens is 2. The summed E-state index contributed by atoms with van der Waals surface area (Å²) in [6.07, 6.45) is 7.06. The average Bonchev–Trinajstić information content (AvgIpc) is 3.26.